The predicted molar refractivity (Wildman–Crippen MR) is 104 cm³/mol. The summed E-state index contributed by atoms with van der Waals surface area (Å²) in [6.45, 7) is 9.50. The Morgan fingerprint density at radius 3 is 2.56 bits per heavy atom. The molecule has 0 bridgehead atoms. The third-order valence-corrected chi connectivity index (χ3v) is 4.56. The van der Waals surface area contributed by atoms with Crippen molar-refractivity contribution in [3.63, 3.8) is 0 Å². The van der Waals surface area contributed by atoms with Crippen LogP contribution in [0.1, 0.15) is 26.2 Å². The topological polar surface area (TPSA) is 59.9 Å². The molecule has 1 aromatic heterocycles. The number of nitrogens with one attached hydrogen (secondary N) is 1. The maximum Gasteiger partial charge on any atom is 0.225 e. The number of hydrogen-bond donors (Lipinski definition) is 1. The zero-order valence-corrected chi connectivity index (χ0v) is 16.0. The van der Waals surface area contributed by atoms with Gasteiger partial charge in [-0.3, -0.25) is 9.89 Å². The van der Waals surface area contributed by atoms with Crippen molar-refractivity contribution in [2.24, 2.45) is 4.99 Å². The number of piperazine rings is 1. The van der Waals surface area contributed by atoms with Gasteiger partial charge < -0.3 is 15.1 Å². The van der Waals surface area contributed by atoms with E-state index in [1.807, 2.05) is 25.5 Å². The molecule has 1 N–H and O–H groups in total. The molecule has 0 aromatic carbocycles. The van der Waals surface area contributed by atoms with E-state index in [2.05, 4.69) is 48.9 Å². The van der Waals surface area contributed by atoms with Gasteiger partial charge in [0.1, 0.15) is 0 Å². The van der Waals surface area contributed by atoms with E-state index in [0.29, 0.717) is 0 Å². The largest absolute Gasteiger partial charge is 0.356 e. The molecular weight excluding hydrogens is 314 g/mol. The zero-order valence-electron chi connectivity index (χ0n) is 16.0. The molecule has 1 aliphatic rings. The Morgan fingerprint density at radius 2 is 1.92 bits per heavy atom. The summed E-state index contributed by atoms with van der Waals surface area (Å²) in [6.07, 6.45) is 7.16. The maximum atomic E-state index is 4.37. The number of rotatable bonds is 8. The molecular formula is C18H33N7. The first-order valence-corrected chi connectivity index (χ1v) is 9.40. The molecule has 0 spiro atoms. The number of hydrogen-bond acceptors (Lipinski definition) is 5. The number of aliphatic imine (C=N–C) groups is 1. The quantitative estimate of drug-likeness (QED) is 0.434. The molecule has 1 aromatic rings. The van der Waals surface area contributed by atoms with Crippen molar-refractivity contribution < 1.29 is 0 Å². The molecule has 0 saturated carbocycles. The molecule has 140 valence electrons. The van der Waals surface area contributed by atoms with E-state index in [1.165, 1.54) is 12.8 Å². The van der Waals surface area contributed by atoms with Crippen LogP contribution in [-0.2, 0) is 0 Å². The van der Waals surface area contributed by atoms with Gasteiger partial charge in [-0.2, -0.15) is 0 Å². The summed E-state index contributed by atoms with van der Waals surface area (Å²) in [5, 5.41) is 3.47. The summed E-state index contributed by atoms with van der Waals surface area (Å²) < 4.78 is 0. The van der Waals surface area contributed by atoms with E-state index >= 15 is 0 Å². The highest BCUT2D eigenvalue weighted by molar-refractivity contribution is 5.79. The summed E-state index contributed by atoms with van der Waals surface area (Å²) in [4.78, 5) is 20.0. The second kappa shape index (κ2) is 10.9. The Morgan fingerprint density at radius 1 is 1.20 bits per heavy atom. The molecule has 2 heterocycles. The number of unbranched alkanes of at least 4 members (excludes halogenated alkanes) is 1. The minimum absolute atomic E-state index is 0.850. The van der Waals surface area contributed by atoms with E-state index in [-0.39, 0.29) is 0 Å². The van der Waals surface area contributed by atoms with Crippen LogP contribution in [-0.4, -0.2) is 85.6 Å². The van der Waals surface area contributed by atoms with Crippen LogP contribution in [0.5, 0.6) is 0 Å². The van der Waals surface area contributed by atoms with Crippen LogP contribution in [0.2, 0.25) is 0 Å². The average molecular weight is 348 g/mol. The molecule has 0 aliphatic carbocycles. The van der Waals surface area contributed by atoms with E-state index < -0.39 is 0 Å². The first kappa shape index (κ1) is 19.4. The summed E-state index contributed by atoms with van der Waals surface area (Å²) >= 11 is 0. The number of aromatic nitrogens is 2. The smallest absolute Gasteiger partial charge is 0.225 e. The molecule has 1 saturated heterocycles. The van der Waals surface area contributed by atoms with Crippen molar-refractivity contribution in [2.45, 2.75) is 26.2 Å². The molecule has 2 rings (SSSR count). The van der Waals surface area contributed by atoms with Crippen molar-refractivity contribution in [1.82, 2.24) is 25.1 Å². The average Bonchev–Trinajstić information content (AvgIpc) is 2.67. The molecule has 7 nitrogen and oxygen atoms in total. The van der Waals surface area contributed by atoms with Crippen molar-refractivity contribution in [1.29, 1.82) is 0 Å². The fourth-order valence-electron chi connectivity index (χ4n) is 3.01. The second-order valence-corrected chi connectivity index (χ2v) is 6.48. The van der Waals surface area contributed by atoms with Crippen molar-refractivity contribution in [3.05, 3.63) is 18.5 Å². The van der Waals surface area contributed by atoms with Gasteiger partial charge in [-0.15, -0.1) is 0 Å². The highest BCUT2D eigenvalue weighted by atomic mass is 15.3. The normalized spacial score (nSPS) is 16.1. The van der Waals surface area contributed by atoms with Crippen molar-refractivity contribution in [3.8, 4) is 0 Å². The van der Waals surface area contributed by atoms with Crippen molar-refractivity contribution >= 4 is 11.9 Å². The van der Waals surface area contributed by atoms with Gasteiger partial charge in [0, 0.05) is 65.8 Å². The SMILES string of the molecule is CCCCN(C)C(=NC)NCCCN1CCN(c2ncccn2)CC1. The van der Waals surface area contributed by atoms with Gasteiger partial charge in [0.05, 0.1) is 0 Å². The molecule has 0 amide bonds. The molecule has 7 heteroatoms. The van der Waals surface area contributed by atoms with Gasteiger partial charge in [0.25, 0.3) is 0 Å². The van der Waals surface area contributed by atoms with Gasteiger partial charge >= 0.3 is 0 Å². The summed E-state index contributed by atoms with van der Waals surface area (Å²) in [5.41, 5.74) is 0. The van der Waals surface area contributed by atoms with Crippen LogP contribution in [0.25, 0.3) is 0 Å². The Hall–Kier alpha value is -1.89. The standard InChI is InChI=1S/C18H33N7/c1-4-5-11-23(3)17(19-2)20-10-7-12-24-13-15-25(16-14-24)18-21-8-6-9-22-18/h6,8-9H,4-5,7,10-16H2,1-3H3,(H,19,20). The lowest BCUT2D eigenvalue weighted by molar-refractivity contribution is 0.254. The Bertz CT molecular complexity index is 497. The summed E-state index contributed by atoms with van der Waals surface area (Å²) in [7, 11) is 3.96. The van der Waals surface area contributed by atoms with Crippen LogP contribution in [0.4, 0.5) is 5.95 Å². The van der Waals surface area contributed by atoms with Crippen molar-refractivity contribution in [2.75, 3.05) is 64.8 Å². The van der Waals surface area contributed by atoms with E-state index in [0.717, 1.165) is 64.1 Å². The van der Waals surface area contributed by atoms with E-state index in [1.54, 1.807) is 0 Å². The predicted octanol–water partition coefficient (Wildman–Crippen LogP) is 1.30. The van der Waals surface area contributed by atoms with Crippen LogP contribution >= 0.6 is 0 Å². The van der Waals surface area contributed by atoms with E-state index in [9.17, 15) is 0 Å². The highest BCUT2D eigenvalue weighted by Crippen LogP contribution is 2.09. The van der Waals surface area contributed by atoms with E-state index in [4.69, 9.17) is 0 Å². The van der Waals surface area contributed by atoms with Gasteiger partial charge in [-0.25, -0.2) is 9.97 Å². The fourth-order valence-corrected chi connectivity index (χ4v) is 3.01. The zero-order chi connectivity index (χ0) is 17.9. The molecule has 0 unspecified atom stereocenters. The molecule has 1 aliphatic heterocycles. The molecule has 0 radical (unpaired) electrons. The Labute approximate surface area is 152 Å². The summed E-state index contributed by atoms with van der Waals surface area (Å²) in [6, 6.07) is 1.86. The van der Waals surface area contributed by atoms with Gasteiger partial charge in [-0.1, -0.05) is 13.3 Å². The number of anilines is 1. The first-order chi connectivity index (χ1) is 12.2. The second-order valence-electron chi connectivity index (χ2n) is 6.48. The van der Waals surface area contributed by atoms with Crippen LogP contribution in [0.3, 0.4) is 0 Å². The van der Waals surface area contributed by atoms with Gasteiger partial charge in [-0.05, 0) is 25.5 Å². The molecule has 1 fully saturated rings. The Balaban J connectivity index is 1.61. The third kappa shape index (κ3) is 6.49. The minimum Gasteiger partial charge on any atom is -0.356 e. The highest BCUT2D eigenvalue weighted by Gasteiger charge is 2.18. The lowest BCUT2D eigenvalue weighted by Crippen LogP contribution is -2.47. The first-order valence-electron chi connectivity index (χ1n) is 9.40. The number of guanidine groups is 1. The molecule has 25 heavy (non-hydrogen) atoms. The van der Waals surface area contributed by atoms with Crippen LogP contribution in [0.15, 0.2) is 23.5 Å². The lowest BCUT2D eigenvalue weighted by Gasteiger charge is -2.34. The van der Waals surface area contributed by atoms with Crippen LogP contribution in [0, 0.1) is 0 Å². The molecule has 0 atom stereocenters. The lowest BCUT2D eigenvalue weighted by atomic mass is 10.3. The summed E-state index contributed by atoms with van der Waals surface area (Å²) in [5.74, 6) is 1.85. The number of nitrogens with zero attached hydrogens (tertiary/aromatic N) is 6. The van der Waals surface area contributed by atoms with Crippen LogP contribution < -0.4 is 10.2 Å². The fraction of sp³-hybridized carbons (Fsp3) is 0.722. The monoisotopic (exact) mass is 347 g/mol. The minimum atomic E-state index is 0.850. The van der Waals surface area contributed by atoms with Gasteiger partial charge in [0.2, 0.25) is 5.95 Å². The Kier molecular flexibility index (Phi) is 8.45. The maximum absolute atomic E-state index is 4.37. The third-order valence-electron chi connectivity index (χ3n) is 4.56. The van der Waals surface area contributed by atoms with Gasteiger partial charge in [0.15, 0.2) is 5.96 Å².